The average Bonchev–Trinajstić information content (AvgIpc) is 3.24. The molecule has 1 aromatic heterocycles. The first kappa shape index (κ1) is 19.7. The Kier molecular flexibility index (Phi) is 5.16. The highest BCUT2D eigenvalue weighted by atomic mass is 16.5. The summed E-state index contributed by atoms with van der Waals surface area (Å²) in [5, 5.41) is 9.77. The average molecular weight is 415 g/mol. The van der Waals surface area contributed by atoms with Crippen LogP contribution in [0.4, 0.5) is 0 Å². The molecule has 1 aliphatic heterocycles. The smallest absolute Gasteiger partial charge is 0.277 e. The second-order valence-corrected chi connectivity index (χ2v) is 8.58. The Bertz CT molecular complexity index is 1140. The van der Waals surface area contributed by atoms with Crippen molar-refractivity contribution in [3.05, 3.63) is 76.6 Å². The van der Waals surface area contributed by atoms with E-state index in [-0.39, 0.29) is 11.7 Å². The van der Waals surface area contributed by atoms with Crippen LogP contribution in [-0.2, 0) is 4.74 Å². The minimum Gasteiger partial charge on any atom is -0.376 e. The normalized spacial score (nSPS) is 19.2. The van der Waals surface area contributed by atoms with Gasteiger partial charge in [0.1, 0.15) is 5.56 Å². The summed E-state index contributed by atoms with van der Waals surface area (Å²) in [4.78, 5) is 26.0. The summed E-state index contributed by atoms with van der Waals surface area (Å²) in [5.74, 6) is -0.405. The molecule has 3 aromatic rings. The van der Waals surface area contributed by atoms with Gasteiger partial charge >= 0.3 is 0 Å². The lowest BCUT2D eigenvalue weighted by molar-refractivity contribution is 0.0664. The van der Waals surface area contributed by atoms with Gasteiger partial charge in [-0.15, -0.1) is 0 Å². The number of hydrogen-bond acceptors (Lipinski definition) is 4. The van der Waals surface area contributed by atoms with Crippen molar-refractivity contribution in [2.45, 2.75) is 31.8 Å². The SMILES string of the molecule is O=C(NCC1CC2(CCC2)CO1)c1c(-c2ccccc2)c(-c2ccccc2)n[nH]c1=O. The van der Waals surface area contributed by atoms with Gasteiger partial charge in [-0.2, -0.15) is 5.10 Å². The van der Waals surface area contributed by atoms with Crippen molar-refractivity contribution in [1.82, 2.24) is 15.5 Å². The molecule has 1 saturated heterocycles. The van der Waals surface area contributed by atoms with Gasteiger partial charge < -0.3 is 10.1 Å². The second kappa shape index (κ2) is 8.12. The first-order chi connectivity index (χ1) is 15.2. The molecule has 1 spiro atoms. The van der Waals surface area contributed by atoms with Crippen molar-refractivity contribution in [3.63, 3.8) is 0 Å². The molecule has 0 bridgehead atoms. The molecule has 1 saturated carbocycles. The van der Waals surface area contributed by atoms with E-state index in [0.29, 0.717) is 23.2 Å². The lowest BCUT2D eigenvalue weighted by atomic mass is 9.68. The summed E-state index contributed by atoms with van der Waals surface area (Å²) in [7, 11) is 0. The molecular formula is C25H25N3O3. The summed E-state index contributed by atoms with van der Waals surface area (Å²) in [6.45, 7) is 1.17. The number of nitrogens with zero attached hydrogens (tertiary/aromatic N) is 1. The van der Waals surface area contributed by atoms with Crippen LogP contribution in [0, 0.1) is 5.41 Å². The van der Waals surface area contributed by atoms with E-state index in [2.05, 4.69) is 15.5 Å². The summed E-state index contributed by atoms with van der Waals surface area (Å²) in [6.07, 6.45) is 4.65. The molecule has 6 nitrogen and oxygen atoms in total. The number of H-pyrrole nitrogens is 1. The number of hydrogen-bond donors (Lipinski definition) is 2. The predicted molar refractivity (Wildman–Crippen MR) is 119 cm³/mol. The van der Waals surface area contributed by atoms with Crippen molar-refractivity contribution < 1.29 is 9.53 Å². The molecule has 158 valence electrons. The second-order valence-electron chi connectivity index (χ2n) is 8.58. The Hall–Kier alpha value is -3.25. The van der Waals surface area contributed by atoms with Crippen LogP contribution < -0.4 is 10.9 Å². The Morgan fingerprint density at radius 3 is 2.35 bits per heavy atom. The fraction of sp³-hybridized carbons (Fsp3) is 0.320. The molecule has 1 atom stereocenters. The zero-order chi connectivity index (χ0) is 21.3. The van der Waals surface area contributed by atoms with Gasteiger partial charge in [-0.05, 0) is 30.2 Å². The molecule has 1 aliphatic carbocycles. The highest BCUT2D eigenvalue weighted by molar-refractivity contribution is 6.03. The van der Waals surface area contributed by atoms with Crippen LogP contribution in [0.2, 0.25) is 0 Å². The topological polar surface area (TPSA) is 84.1 Å². The molecule has 2 fully saturated rings. The molecule has 2 heterocycles. The molecule has 0 radical (unpaired) electrons. The highest BCUT2D eigenvalue weighted by Crippen LogP contribution is 2.49. The van der Waals surface area contributed by atoms with Crippen molar-refractivity contribution in [3.8, 4) is 22.4 Å². The molecular weight excluding hydrogens is 390 g/mol. The van der Waals surface area contributed by atoms with E-state index in [1.165, 1.54) is 19.3 Å². The quantitative estimate of drug-likeness (QED) is 0.664. The minimum atomic E-state index is -0.501. The molecule has 2 N–H and O–H groups in total. The minimum absolute atomic E-state index is 0.000983. The maximum atomic E-state index is 13.2. The number of nitrogens with one attached hydrogen (secondary N) is 2. The van der Waals surface area contributed by atoms with Gasteiger partial charge in [0.25, 0.3) is 11.5 Å². The van der Waals surface area contributed by atoms with Crippen molar-refractivity contribution >= 4 is 5.91 Å². The number of rotatable bonds is 5. The number of aromatic nitrogens is 2. The van der Waals surface area contributed by atoms with E-state index in [0.717, 1.165) is 24.2 Å². The van der Waals surface area contributed by atoms with E-state index in [1.807, 2.05) is 60.7 Å². The molecule has 2 aromatic carbocycles. The molecule has 5 rings (SSSR count). The monoisotopic (exact) mass is 415 g/mol. The number of amides is 1. The van der Waals surface area contributed by atoms with Crippen LogP contribution in [0.25, 0.3) is 22.4 Å². The number of carbonyl (C=O) groups excluding carboxylic acids is 1. The summed E-state index contributed by atoms with van der Waals surface area (Å²) in [5.41, 5.74) is 2.61. The summed E-state index contributed by atoms with van der Waals surface area (Å²) >= 11 is 0. The van der Waals surface area contributed by atoms with Crippen molar-refractivity contribution in [2.24, 2.45) is 5.41 Å². The standard InChI is InChI=1S/C25H25N3O3/c29-23(26-15-19-14-25(16-31-19)12-7-13-25)21-20(17-8-3-1-4-9-17)22(27-28-24(21)30)18-10-5-2-6-11-18/h1-6,8-11,19H,7,12-16H2,(H,26,29)(H,28,30). The van der Waals surface area contributed by atoms with Gasteiger partial charge in [0.15, 0.2) is 0 Å². The van der Waals surface area contributed by atoms with E-state index in [1.54, 1.807) is 0 Å². The van der Waals surface area contributed by atoms with Crippen LogP contribution in [0.15, 0.2) is 65.5 Å². The largest absolute Gasteiger partial charge is 0.376 e. The van der Waals surface area contributed by atoms with E-state index >= 15 is 0 Å². The van der Waals surface area contributed by atoms with Crippen LogP contribution in [-0.4, -0.2) is 35.4 Å². The van der Waals surface area contributed by atoms with E-state index < -0.39 is 11.5 Å². The first-order valence-corrected chi connectivity index (χ1v) is 10.8. The van der Waals surface area contributed by atoms with Crippen LogP contribution >= 0.6 is 0 Å². The maximum Gasteiger partial charge on any atom is 0.277 e. The summed E-state index contributed by atoms with van der Waals surface area (Å²) < 4.78 is 5.92. The fourth-order valence-electron chi connectivity index (χ4n) is 4.70. The third kappa shape index (κ3) is 3.79. The Balaban J connectivity index is 1.48. The van der Waals surface area contributed by atoms with Crippen LogP contribution in [0.5, 0.6) is 0 Å². The van der Waals surface area contributed by atoms with Gasteiger partial charge in [-0.1, -0.05) is 67.1 Å². The molecule has 1 amide bonds. The fourth-order valence-corrected chi connectivity index (χ4v) is 4.70. The third-order valence-electron chi connectivity index (χ3n) is 6.51. The van der Waals surface area contributed by atoms with Crippen LogP contribution in [0.1, 0.15) is 36.0 Å². The van der Waals surface area contributed by atoms with Crippen molar-refractivity contribution in [1.29, 1.82) is 0 Å². The number of benzene rings is 2. The highest BCUT2D eigenvalue weighted by Gasteiger charge is 2.44. The van der Waals surface area contributed by atoms with Crippen molar-refractivity contribution in [2.75, 3.05) is 13.2 Å². The summed E-state index contributed by atoms with van der Waals surface area (Å²) in [6, 6.07) is 19.0. The number of ether oxygens (including phenoxy) is 1. The van der Waals surface area contributed by atoms with E-state index in [9.17, 15) is 9.59 Å². The zero-order valence-electron chi connectivity index (χ0n) is 17.3. The Morgan fingerprint density at radius 2 is 1.74 bits per heavy atom. The third-order valence-corrected chi connectivity index (χ3v) is 6.51. The molecule has 2 aliphatic rings. The maximum absolute atomic E-state index is 13.2. The predicted octanol–water partition coefficient (Wildman–Crippen LogP) is 3.79. The Labute approximate surface area is 180 Å². The first-order valence-electron chi connectivity index (χ1n) is 10.8. The Morgan fingerprint density at radius 1 is 1.06 bits per heavy atom. The lowest BCUT2D eigenvalue weighted by Gasteiger charge is -2.36. The van der Waals surface area contributed by atoms with Crippen LogP contribution in [0.3, 0.4) is 0 Å². The van der Waals surface area contributed by atoms with Gasteiger partial charge in [-0.25, -0.2) is 5.10 Å². The molecule has 1 unspecified atom stereocenters. The number of carbonyl (C=O) groups is 1. The van der Waals surface area contributed by atoms with Gasteiger partial charge in [0.2, 0.25) is 0 Å². The van der Waals surface area contributed by atoms with E-state index in [4.69, 9.17) is 4.74 Å². The number of aromatic amines is 1. The van der Waals surface area contributed by atoms with Gasteiger partial charge in [0, 0.05) is 17.7 Å². The van der Waals surface area contributed by atoms with Gasteiger partial charge in [0.05, 0.1) is 18.4 Å². The molecule has 6 heteroatoms. The lowest BCUT2D eigenvalue weighted by Crippen LogP contribution is -2.36. The zero-order valence-corrected chi connectivity index (χ0v) is 17.3. The molecule has 31 heavy (non-hydrogen) atoms. The van der Waals surface area contributed by atoms with Gasteiger partial charge in [-0.3, -0.25) is 9.59 Å².